The quantitative estimate of drug-likeness (QED) is 0.829. The zero-order chi connectivity index (χ0) is 15.4. The number of nitrogens with one attached hydrogen (secondary N) is 1. The molecule has 0 atom stereocenters. The summed E-state index contributed by atoms with van der Waals surface area (Å²) in [5, 5.41) is 3.16. The Morgan fingerprint density at radius 2 is 1.85 bits per heavy atom. The highest BCUT2D eigenvalue weighted by molar-refractivity contribution is 7.92. The molecule has 0 fully saturated rings. The predicted octanol–water partition coefficient (Wildman–Crippen LogP) is 1.62. The van der Waals surface area contributed by atoms with Crippen LogP contribution < -0.4 is 14.8 Å². The summed E-state index contributed by atoms with van der Waals surface area (Å²) in [5.74, 6) is 1.49. The summed E-state index contributed by atoms with van der Waals surface area (Å²) in [6.45, 7) is 4.29. The van der Waals surface area contributed by atoms with Crippen LogP contribution >= 0.6 is 0 Å². The summed E-state index contributed by atoms with van der Waals surface area (Å²) in [4.78, 5) is 0. The van der Waals surface area contributed by atoms with Gasteiger partial charge in [0.05, 0.1) is 19.0 Å². The van der Waals surface area contributed by atoms with Crippen molar-refractivity contribution in [3.05, 3.63) is 23.8 Å². The first-order chi connectivity index (χ1) is 9.21. The molecule has 0 heterocycles. The molecule has 0 aliphatic heterocycles. The highest BCUT2D eigenvalue weighted by Gasteiger charge is 2.29. The molecule has 1 rings (SSSR count). The van der Waals surface area contributed by atoms with Gasteiger partial charge >= 0.3 is 0 Å². The van der Waals surface area contributed by atoms with Gasteiger partial charge in [-0.1, -0.05) is 0 Å². The molecule has 0 radical (unpaired) electrons. The number of hydrogen-bond donors (Lipinski definition) is 1. The van der Waals surface area contributed by atoms with Gasteiger partial charge in [-0.25, -0.2) is 8.42 Å². The van der Waals surface area contributed by atoms with Crippen molar-refractivity contribution in [1.29, 1.82) is 0 Å². The molecule has 0 aliphatic carbocycles. The Morgan fingerprint density at radius 3 is 2.35 bits per heavy atom. The Hall–Kier alpha value is -1.27. The van der Waals surface area contributed by atoms with E-state index in [4.69, 9.17) is 9.47 Å². The van der Waals surface area contributed by atoms with E-state index in [9.17, 15) is 8.42 Å². The fraction of sp³-hybridized carbons (Fsp3) is 0.571. The van der Waals surface area contributed by atoms with Crippen molar-refractivity contribution in [2.45, 2.75) is 25.1 Å². The minimum absolute atomic E-state index is 0.367. The van der Waals surface area contributed by atoms with Gasteiger partial charge in [0, 0.05) is 24.9 Å². The lowest BCUT2D eigenvalue weighted by molar-refractivity contribution is 0.396. The summed E-state index contributed by atoms with van der Waals surface area (Å²) in [6.07, 6.45) is 1.25. The van der Waals surface area contributed by atoms with Gasteiger partial charge in [-0.3, -0.25) is 0 Å². The van der Waals surface area contributed by atoms with Crippen LogP contribution in [0.3, 0.4) is 0 Å². The lowest BCUT2D eigenvalue weighted by Gasteiger charge is -2.23. The maximum atomic E-state index is 11.6. The van der Waals surface area contributed by atoms with Crippen molar-refractivity contribution >= 4 is 9.84 Å². The van der Waals surface area contributed by atoms with Crippen molar-refractivity contribution in [1.82, 2.24) is 5.32 Å². The average molecular weight is 301 g/mol. The maximum absolute atomic E-state index is 11.6. The third kappa shape index (κ3) is 4.11. The second kappa shape index (κ2) is 6.45. The van der Waals surface area contributed by atoms with Crippen LogP contribution in [0.5, 0.6) is 11.5 Å². The summed E-state index contributed by atoms with van der Waals surface area (Å²) < 4.78 is 32.9. The number of sulfone groups is 1. The van der Waals surface area contributed by atoms with Crippen LogP contribution in [0.15, 0.2) is 18.2 Å². The Morgan fingerprint density at radius 1 is 1.20 bits per heavy atom. The Kier molecular flexibility index (Phi) is 5.42. The number of benzene rings is 1. The molecule has 20 heavy (non-hydrogen) atoms. The molecule has 1 aromatic rings. The van der Waals surface area contributed by atoms with E-state index in [1.54, 1.807) is 28.1 Å². The van der Waals surface area contributed by atoms with Gasteiger partial charge in [-0.15, -0.1) is 0 Å². The summed E-state index contributed by atoms with van der Waals surface area (Å²) in [5.41, 5.74) is 0.927. The minimum atomic E-state index is -3.10. The lowest BCUT2D eigenvalue weighted by atomic mass is 10.1. The molecule has 0 saturated carbocycles. The summed E-state index contributed by atoms with van der Waals surface area (Å²) in [6, 6.07) is 5.53. The van der Waals surface area contributed by atoms with Gasteiger partial charge in [-0.2, -0.15) is 0 Å². The second-order valence-electron chi connectivity index (χ2n) is 5.31. The van der Waals surface area contributed by atoms with Crippen LogP contribution in [0.2, 0.25) is 0 Å². The zero-order valence-electron chi connectivity index (χ0n) is 12.7. The topological polar surface area (TPSA) is 64.6 Å². The first-order valence-electron chi connectivity index (χ1n) is 6.32. The minimum Gasteiger partial charge on any atom is -0.497 e. The van der Waals surface area contributed by atoms with Crippen molar-refractivity contribution < 1.29 is 17.9 Å². The van der Waals surface area contributed by atoms with Crippen molar-refractivity contribution in [3.63, 3.8) is 0 Å². The highest BCUT2D eigenvalue weighted by Crippen LogP contribution is 2.24. The van der Waals surface area contributed by atoms with Crippen LogP contribution in [-0.4, -0.2) is 40.2 Å². The van der Waals surface area contributed by atoms with E-state index in [1.807, 2.05) is 18.2 Å². The van der Waals surface area contributed by atoms with E-state index in [2.05, 4.69) is 5.32 Å². The van der Waals surface area contributed by atoms with Crippen LogP contribution in [0.1, 0.15) is 19.4 Å². The molecule has 6 heteroatoms. The standard InChI is InChI=1S/C14H23NO4S/c1-14(2,20(5,16)17)10-15-9-11-8-12(18-3)6-7-13(11)19-4/h6-8,15H,9-10H2,1-5H3. The molecule has 1 aromatic carbocycles. The Bertz CT molecular complexity index is 552. The number of hydrogen-bond acceptors (Lipinski definition) is 5. The molecule has 1 N–H and O–H groups in total. The first kappa shape index (κ1) is 16.8. The third-order valence-electron chi connectivity index (χ3n) is 3.36. The maximum Gasteiger partial charge on any atom is 0.153 e. The monoisotopic (exact) mass is 301 g/mol. The van der Waals surface area contributed by atoms with Gasteiger partial charge in [-0.05, 0) is 32.0 Å². The van der Waals surface area contributed by atoms with Crippen LogP contribution in [0, 0.1) is 0 Å². The molecule has 0 aliphatic rings. The van der Waals surface area contributed by atoms with E-state index in [1.165, 1.54) is 6.26 Å². The van der Waals surface area contributed by atoms with Gasteiger partial charge in [0.15, 0.2) is 9.84 Å². The summed E-state index contributed by atoms with van der Waals surface area (Å²) >= 11 is 0. The van der Waals surface area contributed by atoms with Crippen LogP contribution in [0.25, 0.3) is 0 Å². The zero-order valence-corrected chi connectivity index (χ0v) is 13.5. The van der Waals surface area contributed by atoms with Crippen molar-refractivity contribution in [3.8, 4) is 11.5 Å². The molecule has 5 nitrogen and oxygen atoms in total. The molecule has 0 bridgehead atoms. The smallest absolute Gasteiger partial charge is 0.153 e. The molecule has 114 valence electrons. The SMILES string of the molecule is COc1ccc(OC)c(CNCC(C)(C)S(C)(=O)=O)c1. The number of methoxy groups -OCH3 is 2. The van der Waals surface area contributed by atoms with Gasteiger partial charge in [0.25, 0.3) is 0 Å². The van der Waals surface area contributed by atoms with Crippen molar-refractivity contribution in [2.75, 3.05) is 27.0 Å². The van der Waals surface area contributed by atoms with E-state index in [-0.39, 0.29) is 0 Å². The van der Waals surface area contributed by atoms with Crippen LogP contribution in [0.4, 0.5) is 0 Å². The second-order valence-corrected chi connectivity index (χ2v) is 7.96. The molecule has 0 aromatic heterocycles. The molecular weight excluding hydrogens is 278 g/mol. The van der Waals surface area contributed by atoms with Crippen molar-refractivity contribution in [2.24, 2.45) is 0 Å². The lowest BCUT2D eigenvalue weighted by Crippen LogP contribution is -2.41. The summed E-state index contributed by atoms with van der Waals surface area (Å²) in [7, 11) is 0.102. The molecule has 0 saturated heterocycles. The fourth-order valence-electron chi connectivity index (χ4n) is 1.65. The largest absolute Gasteiger partial charge is 0.497 e. The molecule has 0 amide bonds. The van der Waals surface area contributed by atoms with E-state index >= 15 is 0 Å². The third-order valence-corrected chi connectivity index (χ3v) is 5.51. The normalized spacial score (nSPS) is 12.2. The van der Waals surface area contributed by atoms with E-state index < -0.39 is 14.6 Å². The highest BCUT2D eigenvalue weighted by atomic mass is 32.2. The van der Waals surface area contributed by atoms with Gasteiger partial charge < -0.3 is 14.8 Å². The Balaban J connectivity index is 2.75. The van der Waals surface area contributed by atoms with Gasteiger partial charge in [0.2, 0.25) is 0 Å². The Labute approximate surface area is 121 Å². The fourth-order valence-corrected chi connectivity index (χ4v) is 2.01. The van der Waals surface area contributed by atoms with Gasteiger partial charge in [0.1, 0.15) is 11.5 Å². The molecule has 0 spiro atoms. The van der Waals surface area contributed by atoms with Crippen LogP contribution in [-0.2, 0) is 16.4 Å². The van der Waals surface area contributed by atoms with E-state index in [0.29, 0.717) is 13.1 Å². The average Bonchev–Trinajstić information content (AvgIpc) is 2.37. The van der Waals surface area contributed by atoms with E-state index in [0.717, 1.165) is 17.1 Å². The molecular formula is C14H23NO4S. The molecule has 0 unspecified atom stereocenters. The predicted molar refractivity (Wildman–Crippen MR) is 80.2 cm³/mol. The number of ether oxygens (including phenoxy) is 2. The first-order valence-corrected chi connectivity index (χ1v) is 8.21. The number of rotatable bonds is 7.